The molecular weight excluding hydrogens is 711 g/mol. The predicted octanol–water partition coefficient (Wildman–Crippen LogP) is 16.3. The second kappa shape index (κ2) is 16.0. The van der Waals surface area contributed by atoms with Gasteiger partial charge in [0.15, 0.2) is 0 Å². The molecule has 10 aromatic carbocycles. The van der Waals surface area contributed by atoms with Crippen molar-refractivity contribution in [1.29, 1.82) is 0 Å². The van der Waals surface area contributed by atoms with Crippen molar-refractivity contribution in [3.05, 3.63) is 248 Å². The lowest BCUT2D eigenvalue weighted by molar-refractivity contribution is 1.28. The molecule has 0 aliphatic heterocycles. The van der Waals surface area contributed by atoms with Crippen molar-refractivity contribution in [2.24, 2.45) is 0 Å². The minimum Gasteiger partial charge on any atom is -0.311 e. The van der Waals surface area contributed by atoms with Crippen LogP contribution in [0.5, 0.6) is 0 Å². The van der Waals surface area contributed by atoms with Crippen molar-refractivity contribution in [2.75, 3.05) is 4.90 Å². The van der Waals surface area contributed by atoms with Crippen LogP contribution in [0.25, 0.3) is 77.5 Å². The first-order valence-corrected chi connectivity index (χ1v) is 18.5. The second-order valence-electron chi connectivity index (χ2n) is 13.3. The van der Waals surface area contributed by atoms with E-state index in [-0.39, 0.29) is 22.3 Å². The first-order valence-electron chi connectivity index (χ1n) is 29.0. The van der Waals surface area contributed by atoms with Crippen LogP contribution < -0.4 is 4.90 Å². The highest BCUT2D eigenvalue weighted by Gasteiger charge is 2.14. The van der Waals surface area contributed by atoms with Gasteiger partial charge in [0.25, 0.3) is 0 Å². The van der Waals surface area contributed by atoms with Gasteiger partial charge in [0.1, 0.15) is 0 Å². The van der Waals surface area contributed by atoms with E-state index in [1.165, 1.54) is 0 Å². The van der Waals surface area contributed by atoms with E-state index in [0.717, 1.165) is 27.5 Å². The van der Waals surface area contributed by atoms with Crippen LogP contribution in [-0.2, 0) is 0 Å². The first kappa shape index (κ1) is 19.6. The minimum absolute atomic E-state index is 0.185. The fourth-order valence-electron chi connectivity index (χ4n) is 6.62. The summed E-state index contributed by atoms with van der Waals surface area (Å²) in [5.74, 6) is 0. The van der Waals surface area contributed by atoms with E-state index in [1.54, 1.807) is 42.5 Å². The van der Waals surface area contributed by atoms with Crippen LogP contribution in [0.4, 0.5) is 17.1 Å². The molecule has 0 N–H and O–H groups in total. The lowest BCUT2D eigenvalue weighted by Crippen LogP contribution is -2.09. The van der Waals surface area contributed by atoms with Gasteiger partial charge in [-0.1, -0.05) is 200 Å². The van der Waals surface area contributed by atoms with E-state index < -0.39 is 166 Å². The van der Waals surface area contributed by atoms with Gasteiger partial charge in [-0.25, -0.2) is 0 Å². The summed E-state index contributed by atoms with van der Waals surface area (Å²) in [5.41, 5.74) is -2.23. The van der Waals surface area contributed by atoms with Crippen LogP contribution in [0.3, 0.4) is 0 Å². The van der Waals surface area contributed by atoms with Gasteiger partial charge in [0.05, 0.1) is 28.8 Å². The molecule has 0 aromatic heterocycles. The third-order valence-electron chi connectivity index (χ3n) is 9.65. The Morgan fingerprint density at radius 3 is 1.15 bits per heavy atom. The molecule has 0 heterocycles. The number of hydrogen-bond donors (Lipinski definition) is 0. The molecule has 0 saturated carbocycles. The maximum atomic E-state index is 9.65. The van der Waals surface area contributed by atoms with Crippen LogP contribution in [-0.4, -0.2) is 0 Å². The summed E-state index contributed by atoms with van der Waals surface area (Å²) in [6, 6.07) is 18.0. The summed E-state index contributed by atoms with van der Waals surface area (Å²) in [6.45, 7) is 0. The quantitative estimate of drug-likeness (QED) is 0.141. The molecular formula is C58H41N. The molecule has 1 heteroatoms. The summed E-state index contributed by atoms with van der Waals surface area (Å²) in [7, 11) is 0. The molecule has 59 heavy (non-hydrogen) atoms. The van der Waals surface area contributed by atoms with Crippen LogP contribution >= 0.6 is 0 Å². The Kier molecular flexibility index (Phi) is 5.32. The van der Waals surface area contributed by atoms with Gasteiger partial charge in [-0.15, -0.1) is 0 Å². The van der Waals surface area contributed by atoms with E-state index in [2.05, 4.69) is 0 Å². The maximum absolute atomic E-state index is 9.65. The number of hydrogen-bond acceptors (Lipinski definition) is 1. The van der Waals surface area contributed by atoms with Crippen molar-refractivity contribution in [1.82, 2.24) is 0 Å². The average molecular weight is 773 g/mol. The van der Waals surface area contributed by atoms with Crippen LogP contribution in [0.15, 0.2) is 248 Å². The topological polar surface area (TPSA) is 3.24 Å². The number of fused-ring (bicyclic) bond motifs is 1. The summed E-state index contributed by atoms with van der Waals surface area (Å²) in [5, 5.41) is 1.94. The van der Waals surface area contributed by atoms with Crippen LogP contribution in [0.1, 0.15) is 28.8 Å². The van der Waals surface area contributed by atoms with Crippen LogP contribution in [0.2, 0.25) is 0 Å². The van der Waals surface area contributed by atoms with Crippen molar-refractivity contribution >= 4 is 27.8 Å². The van der Waals surface area contributed by atoms with Crippen molar-refractivity contribution in [3.63, 3.8) is 0 Å². The lowest BCUT2D eigenvalue weighted by atomic mass is 9.97. The fraction of sp³-hybridized carbons (Fsp3) is 0. The number of rotatable bonds is 9. The molecule has 10 aromatic rings. The summed E-state index contributed by atoms with van der Waals surface area (Å²) in [4.78, 5) is 0.625. The van der Waals surface area contributed by atoms with E-state index in [9.17, 15) is 16.4 Å². The molecule has 0 unspecified atom stereocenters. The predicted molar refractivity (Wildman–Crippen MR) is 251 cm³/mol. The third-order valence-corrected chi connectivity index (χ3v) is 9.65. The smallest absolute Gasteiger partial charge is 0.0645 e. The maximum Gasteiger partial charge on any atom is 0.0645 e. The lowest BCUT2D eigenvalue weighted by Gasteiger charge is -2.26. The van der Waals surface area contributed by atoms with E-state index in [4.69, 9.17) is 12.3 Å². The molecule has 0 atom stereocenters. The average Bonchev–Trinajstić information content (AvgIpc) is 3.60. The zero-order valence-electron chi connectivity index (χ0n) is 52.0. The summed E-state index contributed by atoms with van der Waals surface area (Å²) < 4.78 is 192. The van der Waals surface area contributed by atoms with Gasteiger partial charge in [0.2, 0.25) is 0 Å². The third kappa shape index (κ3) is 7.58. The number of anilines is 3. The van der Waals surface area contributed by atoms with E-state index >= 15 is 0 Å². The zero-order valence-corrected chi connectivity index (χ0v) is 31.0. The van der Waals surface area contributed by atoms with E-state index in [0.29, 0.717) is 10.5 Å². The largest absolute Gasteiger partial charge is 0.311 e. The second-order valence-corrected chi connectivity index (χ2v) is 13.3. The Hall–Kier alpha value is -7.74. The first-order chi connectivity index (χ1) is 38.0. The molecule has 10 rings (SSSR count). The zero-order chi connectivity index (χ0) is 57.7. The molecule has 0 saturated heterocycles. The Morgan fingerprint density at radius 1 is 0.237 bits per heavy atom. The molecule has 0 spiro atoms. The Bertz CT molecular complexity index is 4110. The SMILES string of the molecule is [2H]c1c([2H])c([2H])c(-c2c([2H])c([2H])c(-c3c([2H])c([2H])c(N(c4c([2H])c([2H])c(-c5ccc(-c6ccccc6)cc5)c([2H])c4[2H])c4c([2H])c([2H])c(-c5cccc(-c6ccc7ccccc7c6)c5)c([2H])c4[2H])c([2H])c3[2H])c([2H])c2[2H])c([2H])c1[2H]. The summed E-state index contributed by atoms with van der Waals surface area (Å²) >= 11 is 0. The van der Waals surface area contributed by atoms with Crippen molar-refractivity contribution < 1.29 is 28.8 Å². The molecule has 0 aliphatic rings. The molecule has 278 valence electrons. The molecule has 1 nitrogen and oxygen atoms in total. The molecule has 0 radical (unpaired) electrons. The van der Waals surface area contributed by atoms with Gasteiger partial charge in [0, 0.05) is 17.1 Å². The van der Waals surface area contributed by atoms with Crippen LogP contribution in [0, 0.1) is 0 Å². The number of benzene rings is 10. The normalized spacial score (nSPS) is 16.0. The Labute approximate surface area is 376 Å². The highest BCUT2D eigenvalue weighted by Crippen LogP contribution is 2.39. The van der Waals surface area contributed by atoms with Gasteiger partial charge in [-0.05, 0) is 126 Å². The monoisotopic (exact) mass is 772 g/mol. The molecule has 0 amide bonds. The van der Waals surface area contributed by atoms with Crippen molar-refractivity contribution in [2.45, 2.75) is 0 Å². The van der Waals surface area contributed by atoms with Gasteiger partial charge >= 0.3 is 0 Å². The van der Waals surface area contributed by atoms with E-state index in [1.807, 2.05) is 78.9 Å². The van der Waals surface area contributed by atoms with Crippen molar-refractivity contribution in [3.8, 4) is 66.8 Å². The molecule has 0 aliphatic carbocycles. The van der Waals surface area contributed by atoms with Gasteiger partial charge in [-0.2, -0.15) is 0 Å². The standard InChI is InChI=1S/C58H41N/c1-3-10-42(11-4-1)45-18-22-47(23-19-45)49-28-34-56(35-29-49)59(57-36-30-50(31-37-57)48-24-20-46(21-25-48)43-12-5-2-6-13-43)58-38-32-51(33-39-58)53-16-9-17-54(40-53)55-27-26-44-14-7-8-15-52(44)41-55/h1-41H/i1D,3D,4D,10D,11D,18D,19D,22D,23D,28D,29D,30D,31D,32D,33D,34D,35D,36D,37D,38D,39D. The Balaban J connectivity index is 1.22. The van der Waals surface area contributed by atoms with Gasteiger partial charge in [-0.3, -0.25) is 0 Å². The minimum atomic E-state index is -1.07. The number of nitrogens with zero attached hydrogens (tertiary/aromatic N) is 1. The summed E-state index contributed by atoms with van der Waals surface area (Å²) in [6.07, 6.45) is 0. The molecule has 0 bridgehead atoms. The fourth-order valence-corrected chi connectivity index (χ4v) is 6.62. The Morgan fingerprint density at radius 2 is 0.593 bits per heavy atom. The highest BCUT2D eigenvalue weighted by molar-refractivity contribution is 5.88. The molecule has 0 fully saturated rings. The highest BCUT2D eigenvalue weighted by atomic mass is 15.1. The van der Waals surface area contributed by atoms with Gasteiger partial charge < -0.3 is 4.90 Å².